The van der Waals surface area contributed by atoms with Gasteiger partial charge in [0.15, 0.2) is 0 Å². The molecular weight excluding hydrogens is 202 g/mol. The molecule has 1 fully saturated rings. The van der Waals surface area contributed by atoms with Crippen molar-refractivity contribution in [3.63, 3.8) is 0 Å². The second kappa shape index (κ2) is 3.86. The fourth-order valence-electron chi connectivity index (χ4n) is 2.43. The van der Waals surface area contributed by atoms with Gasteiger partial charge in [0.25, 0.3) is 0 Å². The SMILES string of the molecule is COC1(C)CC(NCc2ncc[nH]2)C1(C)C. The van der Waals surface area contributed by atoms with Gasteiger partial charge in [0.05, 0.1) is 12.1 Å². The van der Waals surface area contributed by atoms with Gasteiger partial charge in [0.1, 0.15) is 5.82 Å². The molecule has 0 amide bonds. The number of hydrogen-bond acceptors (Lipinski definition) is 3. The Bertz CT molecular complexity index is 347. The van der Waals surface area contributed by atoms with Crippen molar-refractivity contribution in [3.05, 3.63) is 18.2 Å². The van der Waals surface area contributed by atoms with E-state index in [9.17, 15) is 0 Å². The molecule has 1 aromatic rings. The van der Waals surface area contributed by atoms with E-state index in [1.165, 1.54) is 0 Å². The molecule has 0 saturated heterocycles. The molecule has 2 N–H and O–H groups in total. The van der Waals surface area contributed by atoms with E-state index in [2.05, 4.69) is 36.1 Å². The van der Waals surface area contributed by atoms with Crippen LogP contribution < -0.4 is 5.32 Å². The fourth-order valence-corrected chi connectivity index (χ4v) is 2.43. The zero-order valence-electron chi connectivity index (χ0n) is 10.5. The maximum absolute atomic E-state index is 5.59. The van der Waals surface area contributed by atoms with E-state index in [-0.39, 0.29) is 11.0 Å². The van der Waals surface area contributed by atoms with Gasteiger partial charge in [-0.3, -0.25) is 0 Å². The zero-order valence-corrected chi connectivity index (χ0v) is 10.5. The highest BCUT2D eigenvalue weighted by Crippen LogP contribution is 2.51. The molecule has 2 atom stereocenters. The van der Waals surface area contributed by atoms with E-state index >= 15 is 0 Å². The van der Waals surface area contributed by atoms with Crippen molar-refractivity contribution >= 4 is 0 Å². The molecule has 4 nitrogen and oxygen atoms in total. The van der Waals surface area contributed by atoms with Crippen molar-refractivity contribution in [2.45, 2.75) is 45.4 Å². The van der Waals surface area contributed by atoms with Gasteiger partial charge in [0.2, 0.25) is 0 Å². The molecular formula is C12H21N3O. The van der Waals surface area contributed by atoms with Gasteiger partial charge in [0, 0.05) is 31.0 Å². The van der Waals surface area contributed by atoms with Crippen LogP contribution in [0.15, 0.2) is 12.4 Å². The lowest BCUT2D eigenvalue weighted by Crippen LogP contribution is -2.67. The number of rotatable bonds is 4. The van der Waals surface area contributed by atoms with Crippen molar-refractivity contribution in [1.29, 1.82) is 0 Å². The predicted molar refractivity (Wildman–Crippen MR) is 63.0 cm³/mol. The van der Waals surface area contributed by atoms with Crippen LogP contribution in [0.4, 0.5) is 0 Å². The monoisotopic (exact) mass is 223 g/mol. The third-order valence-electron chi connectivity index (χ3n) is 4.35. The second-order valence-corrected chi connectivity index (χ2v) is 5.33. The number of imidazole rings is 1. The maximum atomic E-state index is 5.59. The minimum Gasteiger partial charge on any atom is -0.378 e. The zero-order chi connectivity index (χ0) is 11.8. The largest absolute Gasteiger partial charge is 0.378 e. The molecule has 1 heterocycles. The Balaban J connectivity index is 1.90. The summed E-state index contributed by atoms with van der Waals surface area (Å²) in [5.41, 5.74) is 0.155. The summed E-state index contributed by atoms with van der Waals surface area (Å²) >= 11 is 0. The van der Waals surface area contributed by atoms with E-state index in [1.54, 1.807) is 13.3 Å². The topological polar surface area (TPSA) is 49.9 Å². The highest BCUT2D eigenvalue weighted by Gasteiger charge is 2.57. The summed E-state index contributed by atoms with van der Waals surface area (Å²) in [7, 11) is 1.80. The molecule has 1 aliphatic rings. The van der Waals surface area contributed by atoms with Gasteiger partial charge >= 0.3 is 0 Å². The Morgan fingerprint density at radius 2 is 2.31 bits per heavy atom. The highest BCUT2D eigenvalue weighted by molar-refractivity contribution is 5.11. The Morgan fingerprint density at radius 3 is 2.81 bits per heavy atom. The molecule has 2 rings (SSSR count). The summed E-state index contributed by atoms with van der Waals surface area (Å²) in [6.45, 7) is 7.47. The van der Waals surface area contributed by atoms with Crippen LogP contribution in [-0.4, -0.2) is 28.7 Å². The number of nitrogens with one attached hydrogen (secondary N) is 2. The third-order valence-corrected chi connectivity index (χ3v) is 4.35. The average Bonchev–Trinajstić information content (AvgIpc) is 2.76. The van der Waals surface area contributed by atoms with E-state index in [4.69, 9.17) is 4.74 Å². The van der Waals surface area contributed by atoms with E-state index in [0.717, 1.165) is 18.8 Å². The van der Waals surface area contributed by atoms with E-state index < -0.39 is 0 Å². The fraction of sp³-hybridized carbons (Fsp3) is 0.750. The molecule has 1 aliphatic carbocycles. The molecule has 1 aromatic heterocycles. The van der Waals surface area contributed by atoms with Crippen LogP contribution in [0.2, 0.25) is 0 Å². The summed E-state index contributed by atoms with van der Waals surface area (Å²) in [5.74, 6) is 0.988. The van der Waals surface area contributed by atoms with Crippen LogP contribution in [0, 0.1) is 5.41 Å². The summed E-state index contributed by atoms with van der Waals surface area (Å²) in [6.07, 6.45) is 4.68. The quantitative estimate of drug-likeness (QED) is 0.817. The number of aromatic nitrogens is 2. The van der Waals surface area contributed by atoms with E-state index in [0.29, 0.717) is 6.04 Å². The lowest BCUT2D eigenvalue weighted by molar-refractivity contribution is -0.180. The molecule has 0 aromatic carbocycles. The summed E-state index contributed by atoms with van der Waals surface area (Å²) < 4.78 is 5.59. The van der Waals surface area contributed by atoms with Gasteiger partial charge in [-0.25, -0.2) is 4.98 Å². The first-order chi connectivity index (χ1) is 7.49. The Hall–Kier alpha value is -0.870. The second-order valence-electron chi connectivity index (χ2n) is 5.33. The van der Waals surface area contributed by atoms with Crippen molar-refractivity contribution in [2.24, 2.45) is 5.41 Å². The molecule has 0 spiro atoms. The van der Waals surface area contributed by atoms with Crippen LogP contribution in [0.3, 0.4) is 0 Å². The number of H-pyrrole nitrogens is 1. The number of ether oxygens (including phenoxy) is 1. The third kappa shape index (κ3) is 1.66. The van der Waals surface area contributed by atoms with Crippen molar-refractivity contribution in [2.75, 3.05) is 7.11 Å². The van der Waals surface area contributed by atoms with Crippen LogP contribution in [0.5, 0.6) is 0 Å². The Labute approximate surface area is 96.8 Å². The van der Waals surface area contributed by atoms with Gasteiger partial charge in [-0.05, 0) is 13.3 Å². The lowest BCUT2D eigenvalue weighted by Gasteiger charge is -2.59. The minimum atomic E-state index is -0.00612. The van der Waals surface area contributed by atoms with E-state index in [1.807, 2.05) is 6.20 Å². The van der Waals surface area contributed by atoms with Gasteiger partial charge in [-0.15, -0.1) is 0 Å². The molecule has 2 unspecified atom stereocenters. The van der Waals surface area contributed by atoms with Crippen LogP contribution in [0.25, 0.3) is 0 Å². The normalized spacial score (nSPS) is 32.4. The average molecular weight is 223 g/mol. The van der Waals surface area contributed by atoms with Gasteiger partial charge in [-0.2, -0.15) is 0 Å². The first-order valence-corrected chi connectivity index (χ1v) is 5.76. The summed E-state index contributed by atoms with van der Waals surface area (Å²) in [6, 6.07) is 0.488. The smallest absolute Gasteiger partial charge is 0.120 e. The lowest BCUT2D eigenvalue weighted by atomic mass is 9.56. The van der Waals surface area contributed by atoms with Crippen LogP contribution in [0.1, 0.15) is 33.0 Å². The first kappa shape index (κ1) is 11.6. The summed E-state index contributed by atoms with van der Waals surface area (Å²) in [5, 5.41) is 3.53. The molecule has 0 radical (unpaired) electrons. The standard InChI is InChI=1S/C12H21N3O/c1-11(2)9(7-12(11,3)16-4)15-8-10-13-5-6-14-10/h5-6,9,15H,7-8H2,1-4H3,(H,13,14). The Morgan fingerprint density at radius 1 is 1.56 bits per heavy atom. The molecule has 0 bridgehead atoms. The van der Waals surface area contributed by atoms with Gasteiger partial charge in [-0.1, -0.05) is 13.8 Å². The highest BCUT2D eigenvalue weighted by atomic mass is 16.5. The molecule has 90 valence electrons. The molecule has 16 heavy (non-hydrogen) atoms. The molecule has 4 heteroatoms. The molecule has 0 aliphatic heterocycles. The van der Waals surface area contributed by atoms with Crippen LogP contribution >= 0.6 is 0 Å². The number of nitrogens with zero attached hydrogens (tertiary/aromatic N) is 1. The molecule has 1 saturated carbocycles. The van der Waals surface area contributed by atoms with Crippen LogP contribution in [-0.2, 0) is 11.3 Å². The predicted octanol–water partition coefficient (Wildman–Crippen LogP) is 1.70. The van der Waals surface area contributed by atoms with Gasteiger partial charge < -0.3 is 15.0 Å². The number of hydrogen-bond donors (Lipinski definition) is 2. The Kier molecular flexibility index (Phi) is 2.80. The minimum absolute atomic E-state index is 0.00612. The van der Waals surface area contributed by atoms with Crippen molar-refractivity contribution in [1.82, 2.24) is 15.3 Å². The summed E-state index contributed by atoms with van der Waals surface area (Å²) in [4.78, 5) is 7.30. The number of aromatic amines is 1. The van der Waals surface area contributed by atoms with Crippen molar-refractivity contribution < 1.29 is 4.74 Å². The number of methoxy groups -OCH3 is 1. The first-order valence-electron chi connectivity index (χ1n) is 5.76. The maximum Gasteiger partial charge on any atom is 0.120 e. The van der Waals surface area contributed by atoms with Crippen molar-refractivity contribution in [3.8, 4) is 0 Å².